The molecule has 4 atom stereocenters. The molecule has 0 amide bonds. The van der Waals surface area contributed by atoms with Gasteiger partial charge in [-0.2, -0.15) is 0 Å². The van der Waals surface area contributed by atoms with Gasteiger partial charge in [0.05, 0.1) is 23.3 Å². The van der Waals surface area contributed by atoms with Gasteiger partial charge in [0.2, 0.25) is 10.0 Å². The smallest absolute Gasteiger partial charge is 0.238 e. The summed E-state index contributed by atoms with van der Waals surface area (Å²) in [6.07, 6.45) is 7.14. The van der Waals surface area contributed by atoms with Crippen molar-refractivity contribution in [2.75, 3.05) is 31.7 Å². The highest BCUT2D eigenvalue weighted by atomic mass is 35.5. The minimum Gasteiger partial charge on any atom is -0.490 e. The van der Waals surface area contributed by atoms with Crippen LogP contribution in [-0.2, 0) is 26.6 Å². The van der Waals surface area contributed by atoms with Crippen LogP contribution in [0.2, 0.25) is 5.02 Å². The lowest BCUT2D eigenvalue weighted by Crippen LogP contribution is -2.49. The van der Waals surface area contributed by atoms with E-state index in [1.54, 1.807) is 19.2 Å². The highest BCUT2D eigenvalue weighted by molar-refractivity contribution is 7.89. The molecular formula is C27H33ClN2O4S. The van der Waals surface area contributed by atoms with E-state index in [1.807, 2.05) is 12.1 Å². The summed E-state index contributed by atoms with van der Waals surface area (Å²) in [5.41, 5.74) is 3.13. The van der Waals surface area contributed by atoms with Gasteiger partial charge in [0.15, 0.2) is 0 Å². The standard InChI is InChI=1S/C27H33ClN2O4S/c1-3-25(33-2)22-9-6-19(22)15-30-16-27(12-4-5-18-13-20(28)7-10-23(18)27)17-34-26-11-8-21(14-24(26)30)35(29,31)32/h3,7-8,10-11,13-14,19,22,25H,1,4-6,9,12,15-17H2,2H3,(H2,29,31,32)/t19-,22+,25+,27-/m0/s1. The van der Waals surface area contributed by atoms with Crippen molar-refractivity contribution >= 4 is 27.3 Å². The molecule has 8 heteroatoms. The van der Waals surface area contributed by atoms with Crippen LogP contribution in [0.3, 0.4) is 0 Å². The SMILES string of the molecule is C=C[C@@H](OC)[C@@H]1CC[C@H]1CN1C[C@@]2(CCCc3cc(Cl)ccc32)COc2ccc(S(N)(=O)=O)cc21. The van der Waals surface area contributed by atoms with Crippen molar-refractivity contribution in [3.8, 4) is 5.75 Å². The second-order valence-electron chi connectivity index (χ2n) is 10.2. The highest BCUT2D eigenvalue weighted by Gasteiger charge is 2.44. The van der Waals surface area contributed by atoms with Crippen LogP contribution in [0.1, 0.15) is 36.8 Å². The molecule has 0 bridgehead atoms. The highest BCUT2D eigenvalue weighted by Crippen LogP contribution is 2.47. The molecule has 0 radical (unpaired) electrons. The fourth-order valence-corrected chi connectivity index (χ4v) is 6.98. The number of hydrogen-bond acceptors (Lipinski definition) is 5. The molecule has 1 saturated carbocycles. The van der Waals surface area contributed by atoms with E-state index in [0.717, 1.165) is 55.9 Å². The number of rotatable bonds is 6. The van der Waals surface area contributed by atoms with Crippen molar-refractivity contribution in [3.05, 3.63) is 65.2 Å². The fourth-order valence-electron chi connectivity index (χ4n) is 6.25. The van der Waals surface area contributed by atoms with Crippen molar-refractivity contribution in [2.45, 2.75) is 48.5 Å². The minimum absolute atomic E-state index is 0.0127. The zero-order valence-electron chi connectivity index (χ0n) is 20.1. The molecule has 0 saturated heterocycles. The van der Waals surface area contributed by atoms with E-state index in [4.69, 9.17) is 26.2 Å². The quantitative estimate of drug-likeness (QED) is 0.563. The molecule has 0 aromatic heterocycles. The maximum Gasteiger partial charge on any atom is 0.238 e. The first kappa shape index (κ1) is 24.6. The maximum absolute atomic E-state index is 12.2. The van der Waals surface area contributed by atoms with Crippen molar-refractivity contribution in [1.82, 2.24) is 0 Å². The summed E-state index contributed by atoms with van der Waals surface area (Å²) < 4.78 is 36.5. The largest absolute Gasteiger partial charge is 0.490 e. The fraction of sp³-hybridized carbons (Fsp3) is 0.481. The molecule has 1 heterocycles. The summed E-state index contributed by atoms with van der Waals surface area (Å²) in [5, 5.41) is 6.25. The minimum atomic E-state index is -3.84. The summed E-state index contributed by atoms with van der Waals surface area (Å²) in [4.78, 5) is 2.43. The average Bonchev–Trinajstić information content (AvgIpc) is 2.96. The molecule has 2 N–H and O–H groups in total. The Bertz CT molecular complexity index is 1230. The molecule has 1 fully saturated rings. The van der Waals surface area contributed by atoms with E-state index in [-0.39, 0.29) is 16.4 Å². The third-order valence-electron chi connectivity index (χ3n) is 8.19. The summed E-state index contributed by atoms with van der Waals surface area (Å²) >= 11 is 6.34. The first-order chi connectivity index (χ1) is 16.7. The number of anilines is 1. The molecule has 0 unspecified atom stereocenters. The van der Waals surface area contributed by atoms with Crippen LogP contribution in [0.4, 0.5) is 5.69 Å². The number of nitrogens with zero attached hydrogens (tertiary/aromatic N) is 1. The van der Waals surface area contributed by atoms with Gasteiger partial charge in [-0.05, 0) is 85.4 Å². The van der Waals surface area contributed by atoms with Crippen LogP contribution in [-0.4, -0.2) is 41.3 Å². The van der Waals surface area contributed by atoms with Crippen LogP contribution in [0.5, 0.6) is 5.75 Å². The Morgan fingerprint density at radius 1 is 1.31 bits per heavy atom. The van der Waals surface area contributed by atoms with E-state index >= 15 is 0 Å². The van der Waals surface area contributed by atoms with Crippen molar-refractivity contribution < 1.29 is 17.9 Å². The summed E-state index contributed by atoms with van der Waals surface area (Å²) in [6, 6.07) is 11.1. The maximum atomic E-state index is 12.2. The molecule has 1 spiro atoms. The van der Waals surface area contributed by atoms with Crippen LogP contribution < -0.4 is 14.8 Å². The first-order valence-electron chi connectivity index (χ1n) is 12.2. The van der Waals surface area contributed by atoms with E-state index in [1.165, 1.54) is 17.2 Å². The van der Waals surface area contributed by atoms with Gasteiger partial charge in [0.1, 0.15) is 5.75 Å². The number of nitrogens with two attached hydrogens (primary N) is 1. The number of sulfonamides is 1. The van der Waals surface area contributed by atoms with Gasteiger partial charge in [-0.25, -0.2) is 13.6 Å². The topological polar surface area (TPSA) is 81.9 Å². The van der Waals surface area contributed by atoms with Crippen LogP contribution in [0, 0.1) is 11.8 Å². The van der Waals surface area contributed by atoms with Crippen LogP contribution >= 0.6 is 11.6 Å². The molecule has 5 rings (SSSR count). The number of fused-ring (bicyclic) bond motifs is 3. The van der Waals surface area contributed by atoms with Gasteiger partial charge in [0.25, 0.3) is 0 Å². The van der Waals surface area contributed by atoms with Gasteiger partial charge < -0.3 is 14.4 Å². The van der Waals surface area contributed by atoms with E-state index in [9.17, 15) is 8.42 Å². The number of ether oxygens (including phenoxy) is 2. The molecule has 2 aliphatic carbocycles. The van der Waals surface area contributed by atoms with Gasteiger partial charge in [-0.3, -0.25) is 0 Å². The lowest BCUT2D eigenvalue weighted by atomic mass is 9.68. The molecule has 6 nitrogen and oxygen atoms in total. The Kier molecular flexibility index (Phi) is 6.64. The number of primary sulfonamides is 1. The molecule has 188 valence electrons. The molecular weight excluding hydrogens is 484 g/mol. The molecule has 2 aromatic rings. The zero-order chi connectivity index (χ0) is 24.8. The van der Waals surface area contributed by atoms with Gasteiger partial charge in [0, 0.05) is 30.6 Å². The van der Waals surface area contributed by atoms with E-state index < -0.39 is 10.0 Å². The molecule has 1 aliphatic heterocycles. The summed E-state index contributed by atoms with van der Waals surface area (Å²) in [7, 11) is -2.11. The van der Waals surface area contributed by atoms with Crippen molar-refractivity contribution in [3.63, 3.8) is 0 Å². The van der Waals surface area contributed by atoms with Gasteiger partial charge in [-0.15, -0.1) is 6.58 Å². The van der Waals surface area contributed by atoms with Gasteiger partial charge >= 0.3 is 0 Å². The van der Waals surface area contributed by atoms with Crippen LogP contribution in [0.25, 0.3) is 0 Å². The number of hydrogen-bond donors (Lipinski definition) is 1. The number of aryl methyl sites for hydroxylation is 1. The van der Waals surface area contributed by atoms with Crippen LogP contribution in [0.15, 0.2) is 53.9 Å². The number of methoxy groups -OCH3 is 1. The Labute approximate surface area is 213 Å². The Morgan fingerprint density at radius 2 is 2.14 bits per heavy atom. The summed E-state index contributed by atoms with van der Waals surface area (Å²) in [5.74, 6) is 1.49. The lowest BCUT2D eigenvalue weighted by molar-refractivity contribution is 0.0135. The number of halogens is 1. The van der Waals surface area contributed by atoms with E-state index in [0.29, 0.717) is 24.2 Å². The Hall–Kier alpha value is -2.06. The molecule has 2 aromatic carbocycles. The van der Waals surface area contributed by atoms with Gasteiger partial charge in [-0.1, -0.05) is 23.7 Å². The predicted octanol–water partition coefficient (Wildman–Crippen LogP) is 4.69. The predicted molar refractivity (Wildman–Crippen MR) is 139 cm³/mol. The normalized spacial score (nSPS) is 26.7. The third-order valence-corrected chi connectivity index (χ3v) is 9.34. The first-order valence-corrected chi connectivity index (χ1v) is 14.2. The summed E-state index contributed by atoms with van der Waals surface area (Å²) in [6.45, 7) is 6.00. The second kappa shape index (κ2) is 9.43. The average molecular weight is 517 g/mol. The van der Waals surface area contributed by atoms with Crippen molar-refractivity contribution in [1.29, 1.82) is 0 Å². The lowest BCUT2D eigenvalue weighted by Gasteiger charge is -2.46. The third kappa shape index (κ3) is 4.59. The Balaban J connectivity index is 1.56. The Morgan fingerprint density at radius 3 is 2.83 bits per heavy atom. The molecule has 3 aliphatic rings. The van der Waals surface area contributed by atoms with E-state index in [2.05, 4.69) is 23.6 Å². The van der Waals surface area contributed by atoms with Crippen molar-refractivity contribution in [2.24, 2.45) is 17.0 Å². The number of benzene rings is 2. The zero-order valence-corrected chi connectivity index (χ0v) is 21.7. The monoisotopic (exact) mass is 516 g/mol. The second-order valence-corrected chi connectivity index (χ2v) is 12.2. The molecule has 35 heavy (non-hydrogen) atoms.